The van der Waals surface area contributed by atoms with Crippen LogP contribution in [-0.4, -0.2) is 36.3 Å². The van der Waals surface area contributed by atoms with Gasteiger partial charge in [-0.1, -0.05) is 0 Å². The lowest BCUT2D eigenvalue weighted by molar-refractivity contribution is 0.121. The van der Waals surface area contributed by atoms with Crippen LogP contribution in [0.25, 0.3) is 0 Å². The number of anilines is 2. The van der Waals surface area contributed by atoms with Gasteiger partial charge in [0.1, 0.15) is 11.6 Å². The molecule has 2 rings (SSSR count). The van der Waals surface area contributed by atoms with Crippen LogP contribution in [0.4, 0.5) is 11.6 Å². The maximum absolute atomic E-state index is 5.56. The highest BCUT2D eigenvalue weighted by molar-refractivity contribution is 5.42. The standard InChI is InChI=1S/C9H14N4O/c1-14-7-2-3-13(6-7)9-5-11-4-8(10)12-9/h4-5,7H,2-3,6H2,1H3,(H2,10,12)/t7-/m0/s1. The maximum Gasteiger partial charge on any atom is 0.149 e. The molecule has 0 unspecified atom stereocenters. The summed E-state index contributed by atoms with van der Waals surface area (Å²) in [7, 11) is 1.74. The van der Waals surface area contributed by atoms with Gasteiger partial charge in [0.25, 0.3) is 0 Å². The number of nitrogen functional groups attached to an aromatic ring is 1. The van der Waals surface area contributed by atoms with E-state index in [1.165, 1.54) is 0 Å². The SMILES string of the molecule is CO[C@H]1CCN(c2cncc(N)n2)C1. The lowest BCUT2D eigenvalue weighted by Crippen LogP contribution is -2.23. The Kier molecular flexibility index (Phi) is 2.49. The molecule has 76 valence electrons. The van der Waals surface area contributed by atoms with Crippen LogP contribution in [0.2, 0.25) is 0 Å². The van der Waals surface area contributed by atoms with Crippen molar-refractivity contribution in [3.05, 3.63) is 12.4 Å². The molecule has 0 aliphatic carbocycles. The zero-order chi connectivity index (χ0) is 9.97. The van der Waals surface area contributed by atoms with E-state index in [2.05, 4.69) is 14.9 Å². The first-order valence-electron chi connectivity index (χ1n) is 4.65. The average Bonchev–Trinajstić information content (AvgIpc) is 2.66. The fourth-order valence-electron chi connectivity index (χ4n) is 1.65. The number of aromatic nitrogens is 2. The molecule has 0 spiro atoms. The van der Waals surface area contributed by atoms with E-state index >= 15 is 0 Å². The van der Waals surface area contributed by atoms with Crippen LogP contribution in [0.1, 0.15) is 6.42 Å². The lowest BCUT2D eigenvalue weighted by atomic mass is 10.3. The minimum Gasteiger partial charge on any atom is -0.382 e. The van der Waals surface area contributed by atoms with Crippen molar-refractivity contribution in [1.82, 2.24) is 9.97 Å². The molecule has 1 aliphatic rings. The largest absolute Gasteiger partial charge is 0.382 e. The van der Waals surface area contributed by atoms with Crippen molar-refractivity contribution in [3.8, 4) is 0 Å². The molecule has 14 heavy (non-hydrogen) atoms. The van der Waals surface area contributed by atoms with Crippen LogP contribution in [0.5, 0.6) is 0 Å². The highest BCUT2D eigenvalue weighted by Gasteiger charge is 2.23. The molecule has 2 heterocycles. The van der Waals surface area contributed by atoms with Gasteiger partial charge in [0.2, 0.25) is 0 Å². The van der Waals surface area contributed by atoms with Gasteiger partial charge < -0.3 is 15.4 Å². The topological polar surface area (TPSA) is 64.3 Å². The highest BCUT2D eigenvalue weighted by Crippen LogP contribution is 2.19. The molecule has 1 aliphatic heterocycles. The summed E-state index contributed by atoms with van der Waals surface area (Å²) in [5.74, 6) is 1.30. The lowest BCUT2D eigenvalue weighted by Gasteiger charge is -2.16. The zero-order valence-electron chi connectivity index (χ0n) is 8.18. The molecule has 1 aromatic heterocycles. The van der Waals surface area contributed by atoms with Gasteiger partial charge in [0.15, 0.2) is 0 Å². The molecular formula is C9H14N4O. The summed E-state index contributed by atoms with van der Waals surface area (Å²) in [5, 5.41) is 0. The Balaban J connectivity index is 2.09. The third-order valence-corrected chi connectivity index (χ3v) is 2.44. The molecule has 0 radical (unpaired) electrons. The van der Waals surface area contributed by atoms with Gasteiger partial charge in [-0.3, -0.25) is 4.98 Å². The van der Waals surface area contributed by atoms with Crippen molar-refractivity contribution in [2.75, 3.05) is 30.8 Å². The minimum absolute atomic E-state index is 0.304. The summed E-state index contributed by atoms with van der Waals surface area (Å²) in [5.41, 5.74) is 5.56. The number of nitrogens with zero attached hydrogens (tertiary/aromatic N) is 3. The fourth-order valence-corrected chi connectivity index (χ4v) is 1.65. The first-order valence-corrected chi connectivity index (χ1v) is 4.65. The molecule has 1 atom stereocenters. The van der Waals surface area contributed by atoms with Crippen molar-refractivity contribution in [3.63, 3.8) is 0 Å². The molecular weight excluding hydrogens is 180 g/mol. The van der Waals surface area contributed by atoms with Crippen LogP contribution in [0.3, 0.4) is 0 Å². The van der Waals surface area contributed by atoms with E-state index in [-0.39, 0.29) is 0 Å². The summed E-state index contributed by atoms with van der Waals surface area (Å²) in [4.78, 5) is 10.4. The second-order valence-corrected chi connectivity index (χ2v) is 3.39. The number of methoxy groups -OCH3 is 1. The molecule has 2 N–H and O–H groups in total. The number of rotatable bonds is 2. The van der Waals surface area contributed by atoms with E-state index in [1.54, 1.807) is 19.5 Å². The molecule has 0 saturated carbocycles. The van der Waals surface area contributed by atoms with E-state index in [0.717, 1.165) is 25.3 Å². The van der Waals surface area contributed by atoms with Crippen molar-refractivity contribution < 1.29 is 4.74 Å². The van der Waals surface area contributed by atoms with Gasteiger partial charge in [0.05, 0.1) is 18.5 Å². The van der Waals surface area contributed by atoms with Crippen molar-refractivity contribution >= 4 is 11.6 Å². The molecule has 1 aromatic rings. The van der Waals surface area contributed by atoms with E-state index < -0.39 is 0 Å². The summed E-state index contributed by atoms with van der Waals surface area (Å²) >= 11 is 0. The predicted octanol–water partition coefficient (Wildman–Crippen LogP) is 0.284. The summed E-state index contributed by atoms with van der Waals surface area (Å²) < 4.78 is 5.27. The van der Waals surface area contributed by atoms with Crippen LogP contribution in [0.15, 0.2) is 12.4 Å². The number of nitrogens with two attached hydrogens (primary N) is 1. The minimum atomic E-state index is 0.304. The molecule has 1 saturated heterocycles. The predicted molar refractivity (Wildman–Crippen MR) is 54.1 cm³/mol. The highest BCUT2D eigenvalue weighted by atomic mass is 16.5. The van der Waals surface area contributed by atoms with Crippen LogP contribution in [-0.2, 0) is 4.74 Å². The van der Waals surface area contributed by atoms with E-state index in [9.17, 15) is 0 Å². The summed E-state index contributed by atoms with van der Waals surface area (Å²) in [6.45, 7) is 1.82. The van der Waals surface area contributed by atoms with E-state index in [1.807, 2.05) is 0 Å². The number of hydrogen-bond acceptors (Lipinski definition) is 5. The Morgan fingerprint density at radius 2 is 2.43 bits per heavy atom. The summed E-state index contributed by atoms with van der Waals surface area (Å²) in [6, 6.07) is 0. The van der Waals surface area contributed by atoms with Gasteiger partial charge in [-0.2, -0.15) is 0 Å². The zero-order valence-corrected chi connectivity index (χ0v) is 8.18. The van der Waals surface area contributed by atoms with Crippen LogP contribution in [0, 0.1) is 0 Å². The van der Waals surface area contributed by atoms with E-state index in [0.29, 0.717) is 11.9 Å². The van der Waals surface area contributed by atoms with Gasteiger partial charge in [-0.25, -0.2) is 4.98 Å². The van der Waals surface area contributed by atoms with Crippen molar-refractivity contribution in [2.24, 2.45) is 0 Å². The molecule has 0 bridgehead atoms. The van der Waals surface area contributed by atoms with Crippen LogP contribution >= 0.6 is 0 Å². The smallest absolute Gasteiger partial charge is 0.149 e. The van der Waals surface area contributed by atoms with Gasteiger partial charge in [0, 0.05) is 20.2 Å². The second-order valence-electron chi connectivity index (χ2n) is 3.39. The Bertz CT molecular complexity index is 317. The van der Waals surface area contributed by atoms with Gasteiger partial charge in [-0.05, 0) is 6.42 Å². The molecule has 0 aromatic carbocycles. The number of ether oxygens (including phenoxy) is 1. The molecule has 5 heteroatoms. The monoisotopic (exact) mass is 194 g/mol. The quantitative estimate of drug-likeness (QED) is 0.732. The Hall–Kier alpha value is -1.36. The average molecular weight is 194 g/mol. The summed E-state index contributed by atoms with van der Waals surface area (Å²) in [6.07, 6.45) is 4.62. The van der Waals surface area contributed by atoms with Crippen molar-refractivity contribution in [1.29, 1.82) is 0 Å². The maximum atomic E-state index is 5.56. The number of hydrogen-bond donors (Lipinski definition) is 1. The van der Waals surface area contributed by atoms with Crippen LogP contribution < -0.4 is 10.6 Å². The fraction of sp³-hybridized carbons (Fsp3) is 0.556. The Morgan fingerprint density at radius 1 is 1.57 bits per heavy atom. The van der Waals surface area contributed by atoms with Gasteiger partial charge >= 0.3 is 0 Å². The van der Waals surface area contributed by atoms with E-state index in [4.69, 9.17) is 10.5 Å². The molecule has 1 fully saturated rings. The van der Waals surface area contributed by atoms with Gasteiger partial charge in [-0.15, -0.1) is 0 Å². The third-order valence-electron chi connectivity index (χ3n) is 2.44. The third kappa shape index (κ3) is 1.77. The molecule has 0 amide bonds. The first kappa shape index (κ1) is 9.21. The normalized spacial score (nSPS) is 21.5. The first-order chi connectivity index (χ1) is 6.79. The Morgan fingerprint density at radius 3 is 3.07 bits per heavy atom. The van der Waals surface area contributed by atoms with Crippen molar-refractivity contribution in [2.45, 2.75) is 12.5 Å². The second kappa shape index (κ2) is 3.79. The Labute approximate surface area is 82.9 Å². The molecule has 5 nitrogen and oxygen atoms in total.